The van der Waals surface area contributed by atoms with Gasteiger partial charge in [-0.15, -0.1) is 0 Å². The number of rotatable bonds is 7. The van der Waals surface area contributed by atoms with Crippen molar-refractivity contribution in [2.75, 3.05) is 6.54 Å². The van der Waals surface area contributed by atoms with Gasteiger partial charge in [0, 0.05) is 18.0 Å². The number of amidine groups is 1. The summed E-state index contributed by atoms with van der Waals surface area (Å²) in [7, 11) is 0. The average molecular weight is 507 g/mol. The summed E-state index contributed by atoms with van der Waals surface area (Å²) < 4.78 is 13.8. The normalized spacial score (nSPS) is 11.4. The Morgan fingerprint density at radius 3 is 2.20 bits per heavy atom. The van der Waals surface area contributed by atoms with Crippen LogP contribution in [0.1, 0.15) is 11.1 Å². The number of benzene rings is 4. The third kappa shape index (κ3) is 7.25. The van der Waals surface area contributed by atoms with Crippen LogP contribution in [0.4, 0.5) is 10.1 Å². The summed E-state index contributed by atoms with van der Waals surface area (Å²) in [5.74, 6) is -0.0890. The molecule has 0 fully saturated rings. The van der Waals surface area contributed by atoms with Crippen LogP contribution in [0.15, 0.2) is 107 Å². The topological polar surface area (TPSA) is 56.1 Å². The molecule has 0 saturated carbocycles. The predicted molar refractivity (Wildman–Crippen MR) is 141 cm³/mol. The van der Waals surface area contributed by atoms with Crippen molar-refractivity contribution in [3.8, 4) is 11.5 Å². The van der Waals surface area contributed by atoms with Crippen LogP contribution in [0.5, 0.6) is 11.5 Å². The molecule has 0 heterocycles. The van der Waals surface area contributed by atoms with Gasteiger partial charge < -0.3 is 15.1 Å². The Hall–Kier alpha value is -3.48. The molecule has 178 valence electrons. The van der Waals surface area contributed by atoms with Crippen LogP contribution in [0, 0.1) is 5.82 Å². The fraction of sp³-hybridized carbons (Fsp3) is 0.107. The Kier molecular flexibility index (Phi) is 8.29. The van der Waals surface area contributed by atoms with Gasteiger partial charge in [-0.25, -0.2) is 9.38 Å². The second kappa shape index (κ2) is 11.8. The van der Waals surface area contributed by atoms with Crippen molar-refractivity contribution in [3.05, 3.63) is 119 Å². The lowest BCUT2D eigenvalue weighted by molar-refractivity contribution is 0.421. The lowest BCUT2D eigenvalue weighted by atomic mass is 10.1. The number of phenolic OH excluding ortho intramolecular Hbond substituents is 2. The van der Waals surface area contributed by atoms with Crippen LogP contribution in [0.25, 0.3) is 0 Å². The van der Waals surface area contributed by atoms with Crippen molar-refractivity contribution in [2.24, 2.45) is 4.99 Å². The highest BCUT2D eigenvalue weighted by molar-refractivity contribution is 8.13. The number of hydrogen-bond acceptors (Lipinski definition) is 4. The molecule has 4 aromatic carbocycles. The van der Waals surface area contributed by atoms with E-state index in [-0.39, 0.29) is 16.5 Å². The first-order chi connectivity index (χ1) is 17.0. The zero-order chi connectivity index (χ0) is 24.6. The third-order valence-corrected chi connectivity index (χ3v) is 6.55. The third-order valence-electron chi connectivity index (χ3n) is 5.22. The molecule has 0 spiro atoms. The Bertz CT molecular complexity index is 1320. The van der Waals surface area contributed by atoms with E-state index < -0.39 is 5.82 Å². The fourth-order valence-electron chi connectivity index (χ4n) is 3.51. The van der Waals surface area contributed by atoms with Crippen molar-refractivity contribution >= 4 is 34.2 Å². The summed E-state index contributed by atoms with van der Waals surface area (Å²) in [6, 6.07) is 28.5. The Morgan fingerprint density at radius 1 is 0.829 bits per heavy atom. The van der Waals surface area contributed by atoms with Crippen LogP contribution >= 0.6 is 23.4 Å². The van der Waals surface area contributed by atoms with Gasteiger partial charge in [-0.05, 0) is 72.1 Å². The number of halogens is 2. The van der Waals surface area contributed by atoms with Gasteiger partial charge in [-0.1, -0.05) is 65.8 Å². The number of hydrogen-bond donors (Lipinski definition) is 2. The van der Waals surface area contributed by atoms with E-state index in [0.717, 1.165) is 16.0 Å². The maximum atomic E-state index is 13.8. The molecule has 0 aliphatic carbocycles. The van der Waals surface area contributed by atoms with Crippen LogP contribution in [0.3, 0.4) is 0 Å². The van der Waals surface area contributed by atoms with Crippen LogP contribution in [0.2, 0.25) is 5.02 Å². The minimum atomic E-state index is -0.497. The van der Waals surface area contributed by atoms with Gasteiger partial charge in [-0.3, -0.25) is 0 Å². The maximum Gasteiger partial charge on any atom is 0.169 e. The molecule has 7 heteroatoms. The molecule has 35 heavy (non-hydrogen) atoms. The summed E-state index contributed by atoms with van der Waals surface area (Å²) in [5, 5.41) is 20.6. The monoisotopic (exact) mass is 506 g/mol. The molecule has 0 atom stereocenters. The highest BCUT2D eigenvalue weighted by Gasteiger charge is 2.16. The number of phenols is 2. The minimum Gasteiger partial charge on any atom is -0.508 e. The summed E-state index contributed by atoms with van der Waals surface area (Å²) in [5.41, 5.74) is 2.44. The molecular weight excluding hydrogens is 483 g/mol. The molecular formula is C28H24ClFN2O2S. The molecule has 0 radical (unpaired) electrons. The van der Waals surface area contributed by atoms with Gasteiger partial charge in [0.25, 0.3) is 0 Å². The molecule has 4 nitrogen and oxygen atoms in total. The van der Waals surface area contributed by atoms with E-state index in [1.54, 1.807) is 36.4 Å². The van der Waals surface area contributed by atoms with Gasteiger partial charge >= 0.3 is 0 Å². The standard InChI is InChI=1S/C28H24ClFN2O2S/c29-26-18-22(12-13-27(26)30)31-28(35-25-10-2-1-3-11-25)32(19-21-7-5-9-24(34)17-21)15-14-20-6-4-8-23(33)16-20/h1-13,16-18,33-34H,14-15,19H2. The molecule has 4 rings (SSSR count). The van der Waals surface area contributed by atoms with Crippen molar-refractivity contribution < 1.29 is 14.6 Å². The number of aromatic hydroxyl groups is 2. The fourth-order valence-corrected chi connectivity index (χ4v) is 4.63. The van der Waals surface area contributed by atoms with Crippen molar-refractivity contribution in [2.45, 2.75) is 17.9 Å². The first-order valence-electron chi connectivity index (χ1n) is 11.0. The number of thioether (sulfide) groups is 1. The van der Waals surface area contributed by atoms with Gasteiger partial charge in [0.2, 0.25) is 0 Å². The van der Waals surface area contributed by atoms with Crippen LogP contribution in [-0.4, -0.2) is 26.8 Å². The smallest absolute Gasteiger partial charge is 0.169 e. The van der Waals surface area contributed by atoms with E-state index in [0.29, 0.717) is 30.4 Å². The minimum absolute atomic E-state index is 0.00889. The van der Waals surface area contributed by atoms with Crippen molar-refractivity contribution in [1.82, 2.24) is 4.90 Å². The molecule has 0 bridgehead atoms. The molecule has 4 aromatic rings. The van der Waals surface area contributed by atoms with E-state index in [1.807, 2.05) is 48.5 Å². The SMILES string of the molecule is Oc1cccc(CCN(Cc2cccc(O)c2)C(=Nc2ccc(F)c(Cl)c2)Sc2ccccc2)c1. The van der Waals surface area contributed by atoms with E-state index in [4.69, 9.17) is 16.6 Å². The molecule has 0 amide bonds. The molecule has 0 aromatic heterocycles. The number of nitrogens with zero attached hydrogens (tertiary/aromatic N) is 2. The van der Waals surface area contributed by atoms with E-state index in [2.05, 4.69) is 4.90 Å². The molecule has 2 N–H and O–H groups in total. The summed E-state index contributed by atoms with van der Waals surface area (Å²) in [6.07, 6.45) is 0.658. The highest BCUT2D eigenvalue weighted by Crippen LogP contribution is 2.28. The van der Waals surface area contributed by atoms with Crippen molar-refractivity contribution in [1.29, 1.82) is 0 Å². The zero-order valence-corrected chi connectivity index (χ0v) is 20.4. The largest absolute Gasteiger partial charge is 0.508 e. The maximum absolute atomic E-state index is 13.8. The van der Waals surface area contributed by atoms with Gasteiger partial charge in [0.05, 0.1) is 10.7 Å². The second-order valence-electron chi connectivity index (χ2n) is 7.92. The molecule has 0 unspecified atom stereocenters. The average Bonchev–Trinajstić information content (AvgIpc) is 2.84. The zero-order valence-electron chi connectivity index (χ0n) is 18.8. The van der Waals surface area contributed by atoms with E-state index in [1.165, 1.54) is 23.9 Å². The molecule has 0 aliphatic rings. The summed E-state index contributed by atoms with van der Waals surface area (Å²) in [4.78, 5) is 7.95. The Labute approximate surface area is 213 Å². The second-order valence-corrected chi connectivity index (χ2v) is 9.37. The van der Waals surface area contributed by atoms with E-state index in [9.17, 15) is 14.6 Å². The van der Waals surface area contributed by atoms with Crippen molar-refractivity contribution in [3.63, 3.8) is 0 Å². The summed E-state index contributed by atoms with van der Waals surface area (Å²) in [6.45, 7) is 1.08. The Balaban J connectivity index is 1.71. The van der Waals surface area contributed by atoms with Crippen LogP contribution in [-0.2, 0) is 13.0 Å². The van der Waals surface area contributed by atoms with Gasteiger partial charge in [0.15, 0.2) is 5.17 Å². The van der Waals surface area contributed by atoms with Gasteiger partial charge in [-0.2, -0.15) is 0 Å². The van der Waals surface area contributed by atoms with Crippen LogP contribution < -0.4 is 0 Å². The molecule has 0 aliphatic heterocycles. The predicted octanol–water partition coefficient (Wildman–Crippen LogP) is 7.42. The Morgan fingerprint density at radius 2 is 1.51 bits per heavy atom. The lowest BCUT2D eigenvalue weighted by Gasteiger charge is -2.26. The molecule has 0 saturated heterocycles. The first-order valence-corrected chi connectivity index (χ1v) is 12.2. The lowest BCUT2D eigenvalue weighted by Crippen LogP contribution is -2.30. The summed E-state index contributed by atoms with van der Waals surface area (Å²) >= 11 is 7.51. The highest BCUT2D eigenvalue weighted by atomic mass is 35.5. The first kappa shape index (κ1) is 24.6. The van der Waals surface area contributed by atoms with Gasteiger partial charge in [0.1, 0.15) is 17.3 Å². The quantitative estimate of drug-likeness (QED) is 0.155. The number of aliphatic imine (C=N–C) groups is 1. The van der Waals surface area contributed by atoms with E-state index >= 15 is 0 Å².